The molecular formula is C20H16FN3O4. The normalized spacial score (nSPS) is 11.0. The molecule has 1 amide bonds. The van der Waals surface area contributed by atoms with Gasteiger partial charge in [-0.2, -0.15) is 10.5 Å². The van der Waals surface area contributed by atoms with E-state index >= 15 is 0 Å². The molecule has 0 fully saturated rings. The van der Waals surface area contributed by atoms with E-state index in [9.17, 15) is 24.7 Å². The van der Waals surface area contributed by atoms with Gasteiger partial charge in [0.05, 0.1) is 12.1 Å². The number of halogens is 1. The van der Waals surface area contributed by atoms with Crippen molar-refractivity contribution < 1.29 is 24.1 Å². The number of amides is 1. The number of para-hydroxylation sites is 1. The first-order valence-electron chi connectivity index (χ1n) is 8.08. The van der Waals surface area contributed by atoms with E-state index in [4.69, 9.17) is 10.00 Å². The number of benzene rings is 2. The molecule has 0 saturated heterocycles. The number of phenolic OH excluding ortho intramolecular Hbond substituents is 1. The smallest absolute Gasteiger partial charge is 0.268 e. The van der Waals surface area contributed by atoms with Crippen molar-refractivity contribution in [3.05, 3.63) is 65.0 Å². The third kappa shape index (κ3) is 4.57. The third-order valence-corrected chi connectivity index (χ3v) is 3.81. The number of nitrogens with zero attached hydrogens (tertiary/aromatic N) is 3. The van der Waals surface area contributed by atoms with E-state index in [1.54, 1.807) is 36.4 Å². The fourth-order valence-electron chi connectivity index (χ4n) is 2.28. The number of aromatic hydroxyl groups is 1. The summed E-state index contributed by atoms with van der Waals surface area (Å²) in [6, 6.07) is 13.8. The van der Waals surface area contributed by atoms with Crippen LogP contribution in [-0.2, 0) is 4.79 Å². The van der Waals surface area contributed by atoms with E-state index in [0.717, 1.165) is 12.1 Å². The van der Waals surface area contributed by atoms with Crippen LogP contribution < -0.4 is 4.74 Å². The summed E-state index contributed by atoms with van der Waals surface area (Å²) in [5.74, 6) is -3.01. The first-order chi connectivity index (χ1) is 13.4. The highest BCUT2D eigenvalue weighted by Crippen LogP contribution is 2.27. The van der Waals surface area contributed by atoms with Crippen molar-refractivity contribution in [1.82, 2.24) is 4.90 Å². The van der Waals surface area contributed by atoms with Gasteiger partial charge in [-0.05, 0) is 24.3 Å². The van der Waals surface area contributed by atoms with Crippen molar-refractivity contribution in [1.29, 1.82) is 10.5 Å². The van der Waals surface area contributed by atoms with Crippen LogP contribution in [0.1, 0.15) is 11.1 Å². The number of phenols is 1. The van der Waals surface area contributed by atoms with E-state index in [0.29, 0.717) is 5.75 Å². The number of nitriles is 2. The van der Waals surface area contributed by atoms with E-state index in [-0.39, 0.29) is 18.7 Å². The molecule has 0 saturated carbocycles. The lowest BCUT2D eigenvalue weighted by Gasteiger charge is -2.17. The Labute approximate surface area is 160 Å². The minimum atomic E-state index is -1.16. The molecule has 0 spiro atoms. The van der Waals surface area contributed by atoms with Crippen LogP contribution in [0.15, 0.2) is 48.0 Å². The van der Waals surface area contributed by atoms with Gasteiger partial charge in [0.15, 0.2) is 17.1 Å². The number of rotatable bonds is 6. The van der Waals surface area contributed by atoms with Gasteiger partial charge in [0, 0.05) is 12.6 Å². The monoisotopic (exact) mass is 381 g/mol. The standard InChI is InChI=1S/C20H16FN3O4/c1-24(7-8-28-15-5-3-2-4-6-15)20(27)16(12-23)18(25)13-9-14(11-22)19(26)17(21)10-13/h2-6,9-10,25-26H,7-8H2,1H3/b18-16-. The molecule has 0 radical (unpaired) electrons. The first kappa shape index (κ1) is 20.3. The van der Waals surface area contributed by atoms with Crippen LogP contribution in [0.5, 0.6) is 11.5 Å². The Morgan fingerprint density at radius 1 is 1.25 bits per heavy atom. The molecule has 28 heavy (non-hydrogen) atoms. The van der Waals surface area contributed by atoms with Gasteiger partial charge in [-0.15, -0.1) is 0 Å². The lowest BCUT2D eigenvalue weighted by Crippen LogP contribution is -2.32. The number of aliphatic hydroxyl groups is 1. The topological polar surface area (TPSA) is 118 Å². The predicted molar refractivity (Wildman–Crippen MR) is 97.5 cm³/mol. The molecule has 7 nitrogen and oxygen atoms in total. The Hall–Kier alpha value is -4.04. The first-order valence-corrected chi connectivity index (χ1v) is 8.08. The van der Waals surface area contributed by atoms with Crippen LogP contribution in [-0.4, -0.2) is 41.2 Å². The van der Waals surface area contributed by atoms with Crippen LogP contribution in [0.3, 0.4) is 0 Å². The highest BCUT2D eigenvalue weighted by atomic mass is 19.1. The summed E-state index contributed by atoms with van der Waals surface area (Å²) in [5, 5.41) is 37.9. The van der Waals surface area contributed by atoms with Gasteiger partial charge in [0.1, 0.15) is 30.3 Å². The average molecular weight is 381 g/mol. The van der Waals surface area contributed by atoms with Crippen LogP contribution >= 0.6 is 0 Å². The molecule has 0 aliphatic heterocycles. The SMILES string of the molecule is CN(CCOc1ccccc1)C(=O)/C(C#N)=C(\O)c1cc(F)c(O)c(C#N)c1. The summed E-state index contributed by atoms with van der Waals surface area (Å²) < 4.78 is 19.2. The minimum Gasteiger partial charge on any atom is -0.506 e. The molecule has 2 aromatic rings. The molecule has 0 aromatic heterocycles. The summed E-state index contributed by atoms with van der Waals surface area (Å²) >= 11 is 0. The van der Waals surface area contributed by atoms with Crippen molar-refractivity contribution in [2.45, 2.75) is 0 Å². The van der Waals surface area contributed by atoms with E-state index in [1.807, 2.05) is 6.07 Å². The quantitative estimate of drug-likeness (QED) is 0.451. The van der Waals surface area contributed by atoms with Crippen LogP contribution in [0.2, 0.25) is 0 Å². The summed E-state index contributed by atoms with van der Waals surface area (Å²) in [6.45, 7) is 0.276. The number of ether oxygens (including phenoxy) is 1. The summed E-state index contributed by atoms with van der Waals surface area (Å²) in [4.78, 5) is 13.6. The number of carbonyl (C=O) groups excluding carboxylic acids is 1. The van der Waals surface area contributed by atoms with Gasteiger partial charge in [0.25, 0.3) is 5.91 Å². The maximum absolute atomic E-state index is 13.7. The molecule has 0 bridgehead atoms. The second kappa shape index (κ2) is 9.06. The lowest BCUT2D eigenvalue weighted by atomic mass is 10.0. The number of hydrogen-bond acceptors (Lipinski definition) is 6. The van der Waals surface area contributed by atoms with Crippen LogP contribution in [0, 0.1) is 28.5 Å². The van der Waals surface area contributed by atoms with Gasteiger partial charge >= 0.3 is 0 Å². The maximum atomic E-state index is 13.7. The van der Waals surface area contributed by atoms with Gasteiger partial charge in [-0.25, -0.2) is 4.39 Å². The molecule has 2 aromatic carbocycles. The lowest BCUT2D eigenvalue weighted by molar-refractivity contribution is -0.125. The van der Waals surface area contributed by atoms with Gasteiger partial charge in [-0.3, -0.25) is 4.79 Å². The zero-order valence-electron chi connectivity index (χ0n) is 14.9. The van der Waals surface area contributed by atoms with Crippen molar-refractivity contribution in [3.63, 3.8) is 0 Å². The summed E-state index contributed by atoms with van der Waals surface area (Å²) in [7, 11) is 1.42. The highest BCUT2D eigenvalue weighted by Gasteiger charge is 2.22. The molecule has 2 N–H and O–H groups in total. The average Bonchev–Trinajstić information content (AvgIpc) is 2.70. The summed E-state index contributed by atoms with van der Waals surface area (Å²) in [5.41, 5.74) is -1.34. The van der Waals surface area contributed by atoms with Gasteiger partial charge in [-0.1, -0.05) is 18.2 Å². The Morgan fingerprint density at radius 2 is 1.93 bits per heavy atom. The number of aliphatic hydroxyl groups excluding tert-OH is 1. The van der Waals surface area contributed by atoms with Crippen molar-refractivity contribution in [2.24, 2.45) is 0 Å². The molecule has 0 atom stereocenters. The molecule has 0 aliphatic rings. The summed E-state index contributed by atoms with van der Waals surface area (Å²) in [6.07, 6.45) is 0. The Morgan fingerprint density at radius 3 is 2.54 bits per heavy atom. The molecule has 0 unspecified atom stereocenters. The number of likely N-dealkylation sites (N-methyl/N-ethyl adjacent to an activating group) is 1. The van der Waals surface area contributed by atoms with E-state index in [2.05, 4.69) is 0 Å². The van der Waals surface area contributed by atoms with E-state index < -0.39 is 34.4 Å². The van der Waals surface area contributed by atoms with E-state index in [1.165, 1.54) is 11.9 Å². The van der Waals surface area contributed by atoms with Crippen molar-refractivity contribution >= 4 is 11.7 Å². The van der Waals surface area contributed by atoms with Crippen molar-refractivity contribution in [3.8, 4) is 23.6 Å². The highest BCUT2D eigenvalue weighted by molar-refractivity contribution is 6.03. The third-order valence-electron chi connectivity index (χ3n) is 3.81. The Bertz CT molecular complexity index is 991. The maximum Gasteiger partial charge on any atom is 0.268 e. The van der Waals surface area contributed by atoms with Gasteiger partial charge < -0.3 is 19.8 Å². The number of hydrogen-bond donors (Lipinski definition) is 2. The second-order valence-corrected chi connectivity index (χ2v) is 5.69. The fraction of sp³-hybridized carbons (Fsp3) is 0.150. The largest absolute Gasteiger partial charge is 0.506 e. The number of carbonyl (C=O) groups is 1. The zero-order valence-corrected chi connectivity index (χ0v) is 14.9. The molecule has 2 rings (SSSR count). The van der Waals surface area contributed by atoms with Crippen LogP contribution in [0.4, 0.5) is 4.39 Å². The second-order valence-electron chi connectivity index (χ2n) is 5.69. The fourth-order valence-corrected chi connectivity index (χ4v) is 2.28. The minimum absolute atomic E-state index is 0.125. The molecular weight excluding hydrogens is 365 g/mol. The Kier molecular flexibility index (Phi) is 6.56. The Balaban J connectivity index is 2.18. The molecule has 142 valence electrons. The van der Waals surface area contributed by atoms with Crippen molar-refractivity contribution in [2.75, 3.05) is 20.2 Å². The van der Waals surface area contributed by atoms with Gasteiger partial charge in [0.2, 0.25) is 0 Å². The molecule has 0 aliphatic carbocycles. The molecule has 8 heteroatoms. The molecule has 0 heterocycles. The van der Waals surface area contributed by atoms with Crippen LogP contribution in [0.25, 0.3) is 5.76 Å². The predicted octanol–water partition coefficient (Wildman–Crippen LogP) is 2.73. The zero-order chi connectivity index (χ0) is 20.7.